The highest BCUT2D eigenvalue weighted by Crippen LogP contribution is 2.27. The van der Waals surface area contributed by atoms with Gasteiger partial charge in [0, 0.05) is 18.6 Å². The van der Waals surface area contributed by atoms with E-state index in [1.165, 1.54) is 4.40 Å². The number of carboxylic acids is 1. The number of rotatable bonds is 3. The largest absolute Gasteiger partial charge is 0.476 e. The van der Waals surface area contributed by atoms with E-state index >= 15 is 0 Å². The van der Waals surface area contributed by atoms with E-state index in [9.17, 15) is 9.90 Å². The van der Waals surface area contributed by atoms with Crippen LogP contribution in [-0.2, 0) is 0 Å². The number of aromatic nitrogens is 4. The number of carboxylic acid groups (broad SMARTS) is 1. The summed E-state index contributed by atoms with van der Waals surface area (Å²) < 4.78 is 1.54. The zero-order chi connectivity index (χ0) is 13.2. The highest BCUT2D eigenvalue weighted by atomic mass is 32.2. The Morgan fingerprint density at radius 3 is 2.74 bits per heavy atom. The molecule has 0 aliphatic carbocycles. The summed E-state index contributed by atoms with van der Waals surface area (Å²) in [6, 6.07) is 7.02. The van der Waals surface area contributed by atoms with Crippen LogP contribution in [0.25, 0.3) is 5.65 Å². The number of aromatic carboxylic acids is 1. The second-order valence-corrected chi connectivity index (χ2v) is 4.59. The summed E-state index contributed by atoms with van der Waals surface area (Å²) in [4.78, 5) is 23.8. The molecule has 1 N–H and O–H groups in total. The molecule has 0 unspecified atom stereocenters. The van der Waals surface area contributed by atoms with Crippen LogP contribution in [-0.4, -0.2) is 30.4 Å². The lowest BCUT2D eigenvalue weighted by atomic mass is 10.4. The molecule has 3 aromatic heterocycles. The monoisotopic (exact) mass is 272 g/mol. The van der Waals surface area contributed by atoms with Crippen molar-refractivity contribution in [3.8, 4) is 0 Å². The predicted octanol–water partition coefficient (Wildman–Crippen LogP) is 1.97. The number of pyridine rings is 1. The Hall–Kier alpha value is -2.41. The van der Waals surface area contributed by atoms with E-state index in [4.69, 9.17) is 0 Å². The fourth-order valence-corrected chi connectivity index (χ4v) is 2.49. The predicted molar refractivity (Wildman–Crippen MR) is 68.3 cm³/mol. The number of hydrogen-bond donors (Lipinski definition) is 1. The molecular formula is C12H8N4O2S. The van der Waals surface area contributed by atoms with Crippen molar-refractivity contribution in [1.82, 2.24) is 19.4 Å². The summed E-state index contributed by atoms with van der Waals surface area (Å²) in [5, 5.41) is 10.2. The molecule has 6 nitrogen and oxygen atoms in total. The average molecular weight is 272 g/mol. The van der Waals surface area contributed by atoms with Crippen LogP contribution in [0.4, 0.5) is 0 Å². The van der Waals surface area contributed by atoms with Gasteiger partial charge in [-0.1, -0.05) is 6.07 Å². The maximum absolute atomic E-state index is 11.4. The topological polar surface area (TPSA) is 80.4 Å². The molecule has 0 amide bonds. The highest BCUT2D eigenvalue weighted by Gasteiger charge is 2.19. The van der Waals surface area contributed by atoms with Crippen LogP contribution in [0.15, 0.2) is 53.0 Å². The molecule has 3 rings (SSSR count). The molecule has 7 heteroatoms. The zero-order valence-electron chi connectivity index (χ0n) is 9.59. The fourth-order valence-electron chi connectivity index (χ4n) is 1.66. The van der Waals surface area contributed by atoms with Gasteiger partial charge in [0.2, 0.25) is 0 Å². The molecule has 3 heterocycles. The zero-order valence-corrected chi connectivity index (χ0v) is 10.4. The first-order valence-corrected chi connectivity index (χ1v) is 6.22. The van der Waals surface area contributed by atoms with E-state index in [-0.39, 0.29) is 5.69 Å². The Morgan fingerprint density at radius 2 is 2.00 bits per heavy atom. The minimum Gasteiger partial charge on any atom is -0.476 e. The third-order valence-electron chi connectivity index (χ3n) is 2.43. The van der Waals surface area contributed by atoms with Gasteiger partial charge in [-0.3, -0.25) is 4.40 Å². The third kappa shape index (κ3) is 2.15. The Morgan fingerprint density at radius 1 is 1.21 bits per heavy atom. The van der Waals surface area contributed by atoms with Gasteiger partial charge in [-0.25, -0.2) is 19.7 Å². The van der Waals surface area contributed by atoms with Gasteiger partial charge in [0.25, 0.3) is 0 Å². The Balaban J connectivity index is 2.13. The van der Waals surface area contributed by atoms with Crippen molar-refractivity contribution in [2.24, 2.45) is 0 Å². The van der Waals surface area contributed by atoms with Crippen LogP contribution in [0.1, 0.15) is 10.5 Å². The Labute approximate surface area is 112 Å². The standard InChI is InChI=1S/C12H8N4O2S/c17-11(18)9-10(19-12-13-5-3-6-14-12)15-8-4-1-2-7-16(8)9/h1-7H,(H,17,18). The van der Waals surface area contributed by atoms with Crippen molar-refractivity contribution in [2.45, 2.75) is 10.2 Å². The third-order valence-corrected chi connectivity index (χ3v) is 3.30. The maximum Gasteiger partial charge on any atom is 0.355 e. The fraction of sp³-hybridized carbons (Fsp3) is 0. The first-order valence-electron chi connectivity index (χ1n) is 5.41. The number of fused-ring (bicyclic) bond motifs is 1. The van der Waals surface area contributed by atoms with Gasteiger partial charge in [-0.05, 0) is 30.0 Å². The van der Waals surface area contributed by atoms with Gasteiger partial charge >= 0.3 is 5.97 Å². The van der Waals surface area contributed by atoms with E-state index in [0.717, 1.165) is 11.8 Å². The molecule has 0 bridgehead atoms. The normalized spacial score (nSPS) is 10.7. The molecule has 19 heavy (non-hydrogen) atoms. The number of hydrogen-bond acceptors (Lipinski definition) is 5. The van der Waals surface area contributed by atoms with Crippen molar-refractivity contribution >= 4 is 23.4 Å². The summed E-state index contributed by atoms with van der Waals surface area (Å²) in [6.07, 6.45) is 4.87. The van der Waals surface area contributed by atoms with Gasteiger partial charge in [0.15, 0.2) is 10.9 Å². The van der Waals surface area contributed by atoms with Crippen molar-refractivity contribution < 1.29 is 9.90 Å². The highest BCUT2D eigenvalue weighted by molar-refractivity contribution is 7.99. The summed E-state index contributed by atoms with van der Waals surface area (Å²) in [7, 11) is 0. The number of nitrogens with zero attached hydrogens (tertiary/aromatic N) is 4. The van der Waals surface area contributed by atoms with Gasteiger partial charge < -0.3 is 5.11 Å². The molecule has 0 saturated carbocycles. The second-order valence-electron chi connectivity index (χ2n) is 3.63. The molecule has 0 radical (unpaired) electrons. The van der Waals surface area contributed by atoms with E-state index in [2.05, 4.69) is 15.0 Å². The summed E-state index contributed by atoms with van der Waals surface area (Å²) in [5.74, 6) is -1.03. The van der Waals surface area contributed by atoms with Gasteiger partial charge in [0.1, 0.15) is 10.7 Å². The lowest BCUT2D eigenvalue weighted by Crippen LogP contribution is -2.03. The van der Waals surface area contributed by atoms with Gasteiger partial charge in [-0.2, -0.15) is 0 Å². The minimum atomic E-state index is -1.03. The number of carbonyl (C=O) groups is 1. The van der Waals surface area contributed by atoms with Crippen LogP contribution < -0.4 is 0 Å². The number of imidazole rings is 1. The molecule has 3 aromatic rings. The van der Waals surface area contributed by atoms with Crippen molar-refractivity contribution in [2.75, 3.05) is 0 Å². The van der Waals surface area contributed by atoms with Gasteiger partial charge in [0.05, 0.1) is 0 Å². The Kier molecular flexibility index (Phi) is 2.88. The SMILES string of the molecule is O=C(O)c1c(Sc2ncccn2)nc2ccccn12. The van der Waals surface area contributed by atoms with Crippen LogP contribution >= 0.6 is 11.8 Å². The van der Waals surface area contributed by atoms with E-state index in [1.54, 1.807) is 42.9 Å². The average Bonchev–Trinajstić information content (AvgIpc) is 2.77. The molecular weight excluding hydrogens is 264 g/mol. The molecule has 0 aliphatic rings. The molecule has 94 valence electrons. The Bertz CT molecular complexity index is 742. The molecule has 0 fully saturated rings. The van der Waals surface area contributed by atoms with Crippen LogP contribution in [0.3, 0.4) is 0 Å². The van der Waals surface area contributed by atoms with Crippen molar-refractivity contribution in [1.29, 1.82) is 0 Å². The van der Waals surface area contributed by atoms with E-state index < -0.39 is 5.97 Å². The van der Waals surface area contributed by atoms with Crippen molar-refractivity contribution in [3.63, 3.8) is 0 Å². The molecule has 0 spiro atoms. The van der Waals surface area contributed by atoms with Crippen LogP contribution in [0.5, 0.6) is 0 Å². The second kappa shape index (κ2) is 4.69. The lowest BCUT2D eigenvalue weighted by molar-refractivity contribution is 0.0685. The van der Waals surface area contributed by atoms with Crippen LogP contribution in [0, 0.1) is 0 Å². The first-order chi connectivity index (χ1) is 9.25. The van der Waals surface area contributed by atoms with Crippen LogP contribution in [0.2, 0.25) is 0 Å². The lowest BCUT2D eigenvalue weighted by Gasteiger charge is -1.98. The summed E-state index contributed by atoms with van der Waals surface area (Å²) in [5.41, 5.74) is 0.700. The summed E-state index contributed by atoms with van der Waals surface area (Å²) >= 11 is 1.13. The van der Waals surface area contributed by atoms with E-state index in [1.807, 2.05) is 0 Å². The van der Waals surface area contributed by atoms with Gasteiger partial charge in [-0.15, -0.1) is 0 Å². The first kappa shape index (κ1) is 11.7. The van der Waals surface area contributed by atoms with E-state index in [0.29, 0.717) is 15.8 Å². The maximum atomic E-state index is 11.4. The molecule has 0 aromatic carbocycles. The quantitative estimate of drug-likeness (QED) is 0.734. The molecule has 0 aliphatic heterocycles. The molecule has 0 saturated heterocycles. The summed E-state index contributed by atoms with van der Waals surface area (Å²) in [6.45, 7) is 0. The minimum absolute atomic E-state index is 0.119. The molecule has 0 atom stereocenters. The smallest absolute Gasteiger partial charge is 0.355 e. The van der Waals surface area contributed by atoms with Crippen molar-refractivity contribution in [3.05, 3.63) is 48.5 Å².